The summed E-state index contributed by atoms with van der Waals surface area (Å²) in [7, 11) is 0. The molecule has 132 valence electrons. The van der Waals surface area contributed by atoms with E-state index in [1.54, 1.807) is 17.1 Å². The first-order chi connectivity index (χ1) is 12.0. The minimum Gasteiger partial charge on any atom is -0.379 e. The molecule has 1 amide bonds. The monoisotopic (exact) mass is 377 g/mol. The molecule has 3 unspecified atom stereocenters. The molecule has 0 radical (unpaired) electrons. The maximum absolute atomic E-state index is 12.2. The number of aromatic nitrogens is 1. The van der Waals surface area contributed by atoms with Gasteiger partial charge in [-0.15, -0.1) is 11.3 Å². The number of amides is 1. The van der Waals surface area contributed by atoms with Crippen molar-refractivity contribution in [1.82, 2.24) is 4.98 Å². The summed E-state index contributed by atoms with van der Waals surface area (Å²) >= 11 is 3.03. The number of hydrogen-bond donors (Lipinski definition) is 2. The molecule has 9 heteroatoms. The summed E-state index contributed by atoms with van der Waals surface area (Å²) in [6.07, 6.45) is 2.32. The molecule has 3 aliphatic rings. The van der Waals surface area contributed by atoms with E-state index >= 15 is 0 Å². The molecule has 1 aliphatic carbocycles. The summed E-state index contributed by atoms with van der Waals surface area (Å²) < 4.78 is 5.89. The van der Waals surface area contributed by atoms with Crippen LogP contribution in [0.5, 0.6) is 0 Å². The van der Waals surface area contributed by atoms with E-state index in [2.05, 4.69) is 23.3 Å². The van der Waals surface area contributed by atoms with Gasteiger partial charge < -0.3 is 15.8 Å². The van der Waals surface area contributed by atoms with E-state index in [0.717, 1.165) is 17.2 Å². The number of thiazole rings is 1. The number of aliphatic imine (C=N–C) groups is 1. The molecule has 2 aliphatic heterocycles. The zero-order valence-corrected chi connectivity index (χ0v) is 15.5. The quantitative estimate of drug-likeness (QED) is 0.833. The third-order valence-electron chi connectivity index (χ3n) is 5.14. The van der Waals surface area contributed by atoms with E-state index < -0.39 is 11.0 Å². The SMILES string of the molecule is CC1CC2CSC(N)=NC2(c2nc(NC(=O)C3(C#N)CC3)cs2)CO1. The van der Waals surface area contributed by atoms with Gasteiger partial charge in [-0.25, -0.2) is 9.98 Å². The Kier molecular flexibility index (Phi) is 4.02. The van der Waals surface area contributed by atoms with Crippen LogP contribution in [0.3, 0.4) is 0 Å². The summed E-state index contributed by atoms with van der Waals surface area (Å²) in [5.41, 5.74) is 4.57. The van der Waals surface area contributed by atoms with Crippen molar-refractivity contribution in [3.05, 3.63) is 10.4 Å². The molecule has 25 heavy (non-hydrogen) atoms. The highest BCUT2D eigenvalue weighted by Crippen LogP contribution is 2.48. The number of hydrogen-bond acceptors (Lipinski definition) is 8. The number of amidine groups is 1. The van der Waals surface area contributed by atoms with Crippen molar-refractivity contribution in [3.63, 3.8) is 0 Å². The summed E-state index contributed by atoms with van der Waals surface area (Å²) in [4.78, 5) is 21.6. The van der Waals surface area contributed by atoms with Crippen molar-refractivity contribution >= 4 is 40.0 Å². The van der Waals surface area contributed by atoms with Crippen LogP contribution in [0.2, 0.25) is 0 Å². The first-order valence-electron chi connectivity index (χ1n) is 8.26. The van der Waals surface area contributed by atoms with Gasteiger partial charge in [0.1, 0.15) is 21.8 Å². The Morgan fingerprint density at radius 2 is 2.36 bits per heavy atom. The maximum Gasteiger partial charge on any atom is 0.246 e. The number of thioether (sulfide) groups is 1. The van der Waals surface area contributed by atoms with E-state index in [1.165, 1.54) is 11.3 Å². The Balaban J connectivity index is 1.60. The minimum absolute atomic E-state index is 0.192. The zero-order chi connectivity index (χ0) is 17.7. The van der Waals surface area contributed by atoms with Gasteiger partial charge in [0.05, 0.1) is 18.8 Å². The predicted molar refractivity (Wildman–Crippen MR) is 97.3 cm³/mol. The molecule has 7 nitrogen and oxygen atoms in total. The number of ether oxygens (including phenoxy) is 1. The molecule has 1 saturated heterocycles. The lowest BCUT2D eigenvalue weighted by Crippen LogP contribution is -2.49. The summed E-state index contributed by atoms with van der Waals surface area (Å²) in [5.74, 6) is 1.40. The highest BCUT2D eigenvalue weighted by atomic mass is 32.2. The Labute approximate surface area is 154 Å². The van der Waals surface area contributed by atoms with Gasteiger partial charge >= 0.3 is 0 Å². The van der Waals surface area contributed by atoms with Crippen LogP contribution in [0.25, 0.3) is 0 Å². The van der Waals surface area contributed by atoms with E-state index in [1.807, 2.05) is 0 Å². The van der Waals surface area contributed by atoms with Gasteiger partial charge in [-0.2, -0.15) is 5.26 Å². The lowest BCUT2D eigenvalue weighted by molar-refractivity contribution is -0.119. The van der Waals surface area contributed by atoms with Crippen LogP contribution >= 0.6 is 23.1 Å². The second kappa shape index (κ2) is 5.97. The van der Waals surface area contributed by atoms with Gasteiger partial charge in [-0.05, 0) is 26.2 Å². The fourth-order valence-electron chi connectivity index (χ4n) is 3.36. The van der Waals surface area contributed by atoms with Crippen LogP contribution in [-0.2, 0) is 15.1 Å². The third kappa shape index (κ3) is 2.82. The van der Waals surface area contributed by atoms with Crippen molar-refractivity contribution in [2.45, 2.75) is 37.8 Å². The second-order valence-electron chi connectivity index (χ2n) is 6.93. The lowest BCUT2D eigenvalue weighted by atomic mass is 9.80. The molecular weight excluding hydrogens is 358 g/mol. The molecule has 3 atom stereocenters. The summed E-state index contributed by atoms with van der Waals surface area (Å²) in [6.45, 7) is 2.52. The highest BCUT2D eigenvalue weighted by molar-refractivity contribution is 8.13. The Morgan fingerprint density at radius 1 is 1.56 bits per heavy atom. The number of anilines is 1. The average Bonchev–Trinajstić information content (AvgIpc) is 3.27. The average molecular weight is 377 g/mol. The van der Waals surface area contributed by atoms with Gasteiger partial charge in [0, 0.05) is 17.1 Å². The molecule has 3 N–H and O–H groups in total. The summed E-state index contributed by atoms with van der Waals surface area (Å²) in [6, 6.07) is 2.10. The number of fused-ring (bicyclic) bond motifs is 1. The van der Waals surface area contributed by atoms with Crippen LogP contribution in [0.4, 0.5) is 5.82 Å². The topological polar surface area (TPSA) is 113 Å². The molecule has 4 rings (SSSR count). The molecule has 0 spiro atoms. The van der Waals surface area contributed by atoms with Crippen LogP contribution in [0.15, 0.2) is 10.4 Å². The van der Waals surface area contributed by atoms with Gasteiger partial charge in [-0.1, -0.05) is 11.8 Å². The third-order valence-corrected chi connectivity index (χ3v) is 7.10. The van der Waals surface area contributed by atoms with Crippen LogP contribution in [-0.4, -0.2) is 34.5 Å². The normalized spacial score (nSPS) is 32.9. The van der Waals surface area contributed by atoms with Gasteiger partial charge in [0.15, 0.2) is 5.17 Å². The first kappa shape index (κ1) is 16.8. The molecular formula is C16H19N5O2S2. The predicted octanol–water partition coefficient (Wildman–Crippen LogP) is 2.07. The van der Waals surface area contributed by atoms with Crippen LogP contribution in [0, 0.1) is 22.7 Å². The highest BCUT2D eigenvalue weighted by Gasteiger charge is 2.52. The number of rotatable bonds is 3. The molecule has 2 fully saturated rings. The minimum atomic E-state index is -0.863. The van der Waals surface area contributed by atoms with Crippen molar-refractivity contribution in [3.8, 4) is 6.07 Å². The fraction of sp³-hybridized carbons (Fsp3) is 0.625. The number of nitriles is 1. The molecule has 1 aromatic heterocycles. The second-order valence-corrected chi connectivity index (χ2v) is 8.82. The molecule has 0 bridgehead atoms. The number of carbonyl (C=O) groups is 1. The Morgan fingerprint density at radius 3 is 3.08 bits per heavy atom. The van der Waals surface area contributed by atoms with Crippen molar-refractivity contribution in [1.29, 1.82) is 5.26 Å². The van der Waals surface area contributed by atoms with E-state index in [9.17, 15) is 4.79 Å². The van der Waals surface area contributed by atoms with E-state index in [4.69, 9.17) is 20.7 Å². The maximum atomic E-state index is 12.2. The number of nitrogens with one attached hydrogen (secondary N) is 1. The van der Waals surface area contributed by atoms with E-state index in [-0.39, 0.29) is 12.0 Å². The Hall–Kier alpha value is -1.63. The number of nitrogens with two attached hydrogens (primary N) is 1. The molecule has 1 aromatic rings. The fourth-order valence-corrected chi connectivity index (χ4v) is 5.33. The molecule has 0 aromatic carbocycles. The smallest absolute Gasteiger partial charge is 0.246 e. The first-order valence-corrected chi connectivity index (χ1v) is 10.1. The van der Waals surface area contributed by atoms with Crippen molar-refractivity contribution in [2.24, 2.45) is 22.1 Å². The van der Waals surface area contributed by atoms with Gasteiger partial charge in [0.25, 0.3) is 0 Å². The lowest BCUT2D eigenvalue weighted by Gasteiger charge is -2.44. The molecule has 3 heterocycles. The largest absolute Gasteiger partial charge is 0.379 e. The van der Waals surface area contributed by atoms with Gasteiger partial charge in [-0.3, -0.25) is 4.79 Å². The zero-order valence-electron chi connectivity index (χ0n) is 13.8. The number of carbonyl (C=O) groups excluding carboxylic acids is 1. The van der Waals surface area contributed by atoms with Crippen LogP contribution < -0.4 is 11.1 Å². The van der Waals surface area contributed by atoms with Crippen molar-refractivity contribution < 1.29 is 9.53 Å². The van der Waals surface area contributed by atoms with Gasteiger partial charge in [0.2, 0.25) is 5.91 Å². The molecule has 1 saturated carbocycles. The van der Waals surface area contributed by atoms with Crippen molar-refractivity contribution in [2.75, 3.05) is 17.7 Å². The standard InChI is InChI=1S/C16H19N5O2S2/c1-9-4-10-5-25-14(18)21-16(10,8-23-9)13-20-11(6-24-13)19-12(22)15(7-17)2-3-15/h6,9-10H,2-5,8H2,1H3,(H2,18,21)(H,19,22). The number of nitrogens with zero attached hydrogens (tertiary/aromatic N) is 3. The Bertz CT molecular complexity index is 782. The van der Waals surface area contributed by atoms with Crippen LogP contribution in [0.1, 0.15) is 31.2 Å². The summed E-state index contributed by atoms with van der Waals surface area (Å²) in [5, 5.41) is 15.1. The van der Waals surface area contributed by atoms with E-state index in [0.29, 0.717) is 36.4 Å².